The van der Waals surface area contributed by atoms with Crippen molar-refractivity contribution in [2.75, 3.05) is 12.4 Å². The van der Waals surface area contributed by atoms with Crippen LogP contribution in [0, 0.1) is 0 Å². The summed E-state index contributed by atoms with van der Waals surface area (Å²) in [5, 5.41) is 0. The van der Waals surface area contributed by atoms with Crippen LogP contribution >= 0.6 is 11.8 Å². The van der Waals surface area contributed by atoms with Crippen LogP contribution in [0.5, 0.6) is 5.75 Å². The molecule has 0 aliphatic heterocycles. The van der Waals surface area contributed by atoms with Crippen molar-refractivity contribution in [2.45, 2.75) is 102 Å². The molecule has 0 amide bonds. The van der Waals surface area contributed by atoms with Gasteiger partial charge in [-0.3, -0.25) is 4.79 Å². The van der Waals surface area contributed by atoms with Gasteiger partial charge in [0.05, 0.1) is 6.61 Å². The lowest BCUT2D eigenvalue weighted by atomic mass is 10.1. The first-order valence-electron chi connectivity index (χ1n) is 13.9. The van der Waals surface area contributed by atoms with Crippen LogP contribution in [-0.4, -0.2) is 18.1 Å². The topological polar surface area (TPSA) is 26.3 Å². The first-order chi connectivity index (χ1) is 17.2. The summed E-state index contributed by atoms with van der Waals surface area (Å²) in [6.45, 7) is 5.21. The molecule has 0 fully saturated rings. The molecule has 2 nitrogen and oxygen atoms in total. The third-order valence-corrected chi connectivity index (χ3v) is 7.38. The molecular formula is C32H46O2S. The zero-order valence-electron chi connectivity index (χ0n) is 22.1. The van der Waals surface area contributed by atoms with Gasteiger partial charge in [-0.05, 0) is 66.6 Å². The number of unbranched alkanes of at least 4 members (excludes halogenated alkanes) is 11. The van der Waals surface area contributed by atoms with Crippen LogP contribution in [0.4, 0.5) is 0 Å². The summed E-state index contributed by atoms with van der Waals surface area (Å²) in [7, 11) is 0. The Bertz CT molecular complexity index is 841. The fourth-order valence-electron chi connectivity index (χ4n) is 4.04. The van der Waals surface area contributed by atoms with E-state index in [9.17, 15) is 4.79 Å². The molecule has 2 rings (SSSR count). The molecule has 0 saturated heterocycles. The summed E-state index contributed by atoms with van der Waals surface area (Å²) in [6.07, 6.45) is 20.8. The predicted molar refractivity (Wildman–Crippen MR) is 154 cm³/mol. The fourth-order valence-corrected chi connectivity index (χ4v) is 4.81. The zero-order valence-corrected chi connectivity index (χ0v) is 22.9. The van der Waals surface area contributed by atoms with Gasteiger partial charge in [-0.2, -0.15) is 0 Å². The standard InChI is InChI=1S/C32H46O2S/c1-3-5-6-7-8-9-10-11-12-13-14-15-25-34-30-18-16-17-28(27-30)19-24-32(33)29-20-22-31(23-21-29)35-26-4-2/h16-24,27H,3-15,25-26H2,1-2H3. The molecule has 0 aliphatic carbocycles. The second kappa shape index (κ2) is 19.2. The van der Waals surface area contributed by atoms with Crippen LogP contribution in [0.25, 0.3) is 6.08 Å². The normalized spacial score (nSPS) is 11.3. The highest BCUT2D eigenvalue weighted by Crippen LogP contribution is 2.20. The molecule has 35 heavy (non-hydrogen) atoms. The van der Waals surface area contributed by atoms with Gasteiger partial charge in [0.1, 0.15) is 5.75 Å². The Balaban J connectivity index is 1.60. The monoisotopic (exact) mass is 494 g/mol. The molecule has 0 aromatic heterocycles. The summed E-state index contributed by atoms with van der Waals surface area (Å²) in [5.41, 5.74) is 1.71. The number of hydrogen-bond acceptors (Lipinski definition) is 3. The number of hydrogen-bond donors (Lipinski definition) is 0. The first-order valence-corrected chi connectivity index (χ1v) is 14.9. The number of ether oxygens (including phenoxy) is 1. The Morgan fingerprint density at radius 3 is 2.03 bits per heavy atom. The van der Waals surface area contributed by atoms with Crippen LogP contribution in [0.2, 0.25) is 0 Å². The summed E-state index contributed by atoms with van der Waals surface area (Å²) < 4.78 is 5.95. The fraction of sp³-hybridized carbons (Fsp3) is 0.531. The lowest BCUT2D eigenvalue weighted by Gasteiger charge is -2.07. The van der Waals surface area contributed by atoms with Crippen molar-refractivity contribution in [1.82, 2.24) is 0 Å². The van der Waals surface area contributed by atoms with Gasteiger partial charge >= 0.3 is 0 Å². The maximum absolute atomic E-state index is 12.5. The van der Waals surface area contributed by atoms with Crippen molar-refractivity contribution in [3.05, 3.63) is 65.7 Å². The van der Waals surface area contributed by atoms with E-state index in [-0.39, 0.29) is 5.78 Å². The van der Waals surface area contributed by atoms with Crippen LogP contribution in [0.15, 0.2) is 59.5 Å². The van der Waals surface area contributed by atoms with E-state index in [1.54, 1.807) is 6.08 Å². The van der Waals surface area contributed by atoms with Gasteiger partial charge in [0.25, 0.3) is 0 Å². The molecule has 0 unspecified atom stereocenters. The van der Waals surface area contributed by atoms with E-state index < -0.39 is 0 Å². The highest BCUT2D eigenvalue weighted by Gasteiger charge is 2.03. The molecule has 3 heteroatoms. The molecule has 192 valence electrons. The predicted octanol–water partition coefficient (Wildman–Crippen LogP) is 10.2. The van der Waals surface area contributed by atoms with Gasteiger partial charge in [0, 0.05) is 10.5 Å². The second-order valence-corrected chi connectivity index (χ2v) is 10.5. The van der Waals surface area contributed by atoms with E-state index in [1.807, 2.05) is 66.4 Å². The minimum absolute atomic E-state index is 0.0276. The van der Waals surface area contributed by atoms with Crippen molar-refractivity contribution < 1.29 is 9.53 Å². The summed E-state index contributed by atoms with van der Waals surface area (Å²) in [5.74, 6) is 2.00. The lowest BCUT2D eigenvalue weighted by molar-refractivity contribution is 0.104. The van der Waals surface area contributed by atoms with Crippen LogP contribution < -0.4 is 4.74 Å². The smallest absolute Gasteiger partial charge is 0.185 e. The Morgan fingerprint density at radius 1 is 0.771 bits per heavy atom. The van der Waals surface area contributed by atoms with Gasteiger partial charge in [-0.15, -0.1) is 11.8 Å². The van der Waals surface area contributed by atoms with Gasteiger partial charge < -0.3 is 4.74 Å². The minimum atomic E-state index is 0.0276. The average molecular weight is 495 g/mol. The maximum atomic E-state index is 12.5. The molecule has 0 bridgehead atoms. The third-order valence-electron chi connectivity index (χ3n) is 6.16. The average Bonchev–Trinajstić information content (AvgIpc) is 2.89. The highest BCUT2D eigenvalue weighted by atomic mass is 32.2. The quantitative estimate of drug-likeness (QED) is 0.0792. The number of carbonyl (C=O) groups excluding carboxylic acids is 1. The molecule has 0 spiro atoms. The SMILES string of the molecule is CCCCCCCCCCCCCCOc1cccc(C=CC(=O)c2ccc(SCCC)cc2)c1. The van der Waals surface area contributed by atoms with Crippen molar-refractivity contribution in [1.29, 1.82) is 0 Å². The van der Waals surface area contributed by atoms with Crippen molar-refractivity contribution in [3.8, 4) is 5.75 Å². The Morgan fingerprint density at radius 2 is 1.40 bits per heavy atom. The van der Waals surface area contributed by atoms with Gasteiger partial charge in [0.15, 0.2) is 5.78 Å². The van der Waals surface area contributed by atoms with E-state index in [0.717, 1.165) is 42.1 Å². The van der Waals surface area contributed by atoms with E-state index in [0.29, 0.717) is 0 Å². The molecule has 0 radical (unpaired) electrons. The summed E-state index contributed by atoms with van der Waals surface area (Å²) in [4.78, 5) is 13.7. The molecule has 0 heterocycles. The number of allylic oxidation sites excluding steroid dienone is 1. The number of carbonyl (C=O) groups is 1. The van der Waals surface area contributed by atoms with Gasteiger partial charge in [-0.25, -0.2) is 0 Å². The number of rotatable bonds is 20. The second-order valence-electron chi connectivity index (χ2n) is 9.38. The molecule has 0 saturated carbocycles. The number of thioether (sulfide) groups is 1. The Labute approximate surface area is 218 Å². The van der Waals surface area contributed by atoms with Crippen molar-refractivity contribution >= 4 is 23.6 Å². The lowest BCUT2D eigenvalue weighted by Crippen LogP contribution is -1.97. The molecule has 0 atom stereocenters. The molecule has 0 N–H and O–H groups in total. The number of ketones is 1. The van der Waals surface area contributed by atoms with E-state index in [2.05, 4.69) is 13.8 Å². The van der Waals surface area contributed by atoms with E-state index in [1.165, 1.54) is 75.5 Å². The van der Waals surface area contributed by atoms with Crippen molar-refractivity contribution in [3.63, 3.8) is 0 Å². The minimum Gasteiger partial charge on any atom is -0.494 e. The first kappa shape index (κ1) is 29.2. The van der Waals surface area contributed by atoms with Crippen molar-refractivity contribution in [2.24, 2.45) is 0 Å². The van der Waals surface area contributed by atoms with Crippen LogP contribution in [0.3, 0.4) is 0 Å². The highest BCUT2D eigenvalue weighted by molar-refractivity contribution is 7.99. The third kappa shape index (κ3) is 13.6. The zero-order chi connectivity index (χ0) is 25.0. The molecular weight excluding hydrogens is 448 g/mol. The summed E-state index contributed by atoms with van der Waals surface area (Å²) in [6, 6.07) is 15.9. The van der Waals surface area contributed by atoms with Gasteiger partial charge in [-0.1, -0.05) is 103 Å². The Kier molecular flexibility index (Phi) is 16.1. The largest absolute Gasteiger partial charge is 0.494 e. The van der Waals surface area contributed by atoms with Gasteiger partial charge in [0.2, 0.25) is 0 Å². The van der Waals surface area contributed by atoms with Crippen LogP contribution in [-0.2, 0) is 0 Å². The van der Waals surface area contributed by atoms with E-state index in [4.69, 9.17) is 4.74 Å². The van der Waals surface area contributed by atoms with E-state index >= 15 is 0 Å². The number of benzene rings is 2. The molecule has 2 aromatic carbocycles. The maximum Gasteiger partial charge on any atom is 0.185 e. The molecule has 0 aliphatic rings. The molecule has 2 aromatic rings. The van der Waals surface area contributed by atoms with Crippen LogP contribution in [0.1, 0.15) is 113 Å². The summed E-state index contributed by atoms with van der Waals surface area (Å²) >= 11 is 1.83. The Hall–Kier alpha value is -2.00.